The van der Waals surface area contributed by atoms with Gasteiger partial charge in [0.25, 0.3) is 5.91 Å². The van der Waals surface area contributed by atoms with Crippen molar-refractivity contribution in [1.29, 1.82) is 0 Å². The van der Waals surface area contributed by atoms with Gasteiger partial charge in [-0.05, 0) is 49.6 Å². The number of rotatable bonds is 8. The molecule has 24 heavy (non-hydrogen) atoms. The third-order valence-corrected chi connectivity index (χ3v) is 4.52. The maximum absolute atomic E-state index is 11.8. The molecule has 0 fully saturated rings. The van der Waals surface area contributed by atoms with Gasteiger partial charge in [0.2, 0.25) is 0 Å². The summed E-state index contributed by atoms with van der Waals surface area (Å²) in [5.74, 6) is 2.53. The van der Waals surface area contributed by atoms with Crippen molar-refractivity contribution in [2.75, 3.05) is 18.9 Å². The van der Waals surface area contributed by atoms with Crippen LogP contribution in [-0.2, 0) is 10.5 Å². The van der Waals surface area contributed by atoms with E-state index in [0.717, 1.165) is 28.4 Å². The lowest BCUT2D eigenvalue weighted by Crippen LogP contribution is -2.30. The van der Waals surface area contributed by atoms with Gasteiger partial charge >= 0.3 is 0 Å². The molecule has 2 rings (SSSR count). The summed E-state index contributed by atoms with van der Waals surface area (Å²) >= 11 is 1.82. The van der Waals surface area contributed by atoms with Gasteiger partial charge in [-0.2, -0.15) is 11.8 Å². The van der Waals surface area contributed by atoms with Gasteiger partial charge in [0, 0.05) is 18.1 Å². The van der Waals surface area contributed by atoms with Gasteiger partial charge < -0.3 is 10.1 Å². The second kappa shape index (κ2) is 9.38. The predicted octanol–water partition coefficient (Wildman–Crippen LogP) is 4.04. The van der Waals surface area contributed by atoms with E-state index in [1.54, 1.807) is 0 Å². The molecule has 0 atom stereocenters. The zero-order valence-electron chi connectivity index (χ0n) is 14.6. The molecule has 4 heteroatoms. The van der Waals surface area contributed by atoms with Gasteiger partial charge in [0.15, 0.2) is 6.61 Å². The minimum absolute atomic E-state index is 0.0610. The van der Waals surface area contributed by atoms with E-state index in [2.05, 4.69) is 42.6 Å². The van der Waals surface area contributed by atoms with Crippen LogP contribution in [0.25, 0.3) is 0 Å². The fourth-order valence-electron chi connectivity index (χ4n) is 2.47. The quantitative estimate of drug-likeness (QED) is 0.735. The first-order chi connectivity index (χ1) is 11.5. The molecule has 0 saturated carbocycles. The number of nitrogens with one attached hydrogen (secondary N) is 1. The zero-order chi connectivity index (χ0) is 17.4. The third-order valence-electron chi connectivity index (χ3n) is 3.48. The highest BCUT2D eigenvalue weighted by Gasteiger charge is 2.03. The Labute approximate surface area is 148 Å². The van der Waals surface area contributed by atoms with E-state index in [0.29, 0.717) is 6.54 Å². The Balaban J connectivity index is 1.61. The molecule has 0 radical (unpaired) electrons. The Bertz CT molecular complexity index is 665. The molecule has 3 nitrogen and oxygen atoms in total. The van der Waals surface area contributed by atoms with Crippen LogP contribution < -0.4 is 10.1 Å². The Morgan fingerprint density at radius 2 is 1.79 bits per heavy atom. The van der Waals surface area contributed by atoms with Crippen LogP contribution in [0, 0.1) is 20.8 Å². The van der Waals surface area contributed by atoms with E-state index < -0.39 is 0 Å². The Morgan fingerprint density at radius 1 is 1.04 bits per heavy atom. The van der Waals surface area contributed by atoms with Crippen LogP contribution in [0.4, 0.5) is 0 Å². The molecule has 0 aromatic heterocycles. The van der Waals surface area contributed by atoms with Crippen molar-refractivity contribution >= 4 is 17.7 Å². The van der Waals surface area contributed by atoms with E-state index in [4.69, 9.17) is 4.74 Å². The summed E-state index contributed by atoms with van der Waals surface area (Å²) in [5.41, 5.74) is 4.88. The SMILES string of the molecule is Cc1cccc(CSCCNC(=O)COc2cc(C)cc(C)c2)c1. The summed E-state index contributed by atoms with van der Waals surface area (Å²) in [6.07, 6.45) is 0. The maximum Gasteiger partial charge on any atom is 0.257 e. The first-order valence-corrected chi connectivity index (χ1v) is 9.29. The fraction of sp³-hybridized carbons (Fsp3) is 0.350. The van der Waals surface area contributed by atoms with Crippen molar-refractivity contribution in [3.63, 3.8) is 0 Å². The normalized spacial score (nSPS) is 10.5. The van der Waals surface area contributed by atoms with Gasteiger partial charge in [0.1, 0.15) is 5.75 Å². The number of benzene rings is 2. The van der Waals surface area contributed by atoms with Crippen LogP contribution in [-0.4, -0.2) is 24.8 Å². The summed E-state index contributed by atoms with van der Waals surface area (Å²) < 4.78 is 5.55. The van der Waals surface area contributed by atoms with E-state index >= 15 is 0 Å². The molecule has 1 amide bonds. The number of carbonyl (C=O) groups is 1. The van der Waals surface area contributed by atoms with Crippen LogP contribution in [0.1, 0.15) is 22.3 Å². The Kier molecular flexibility index (Phi) is 7.19. The molecule has 0 unspecified atom stereocenters. The van der Waals surface area contributed by atoms with Crippen molar-refractivity contribution in [1.82, 2.24) is 5.32 Å². The van der Waals surface area contributed by atoms with Crippen molar-refractivity contribution in [2.45, 2.75) is 26.5 Å². The molecule has 0 aliphatic heterocycles. The van der Waals surface area contributed by atoms with Crippen molar-refractivity contribution in [3.05, 3.63) is 64.7 Å². The highest BCUT2D eigenvalue weighted by atomic mass is 32.2. The Morgan fingerprint density at radius 3 is 2.50 bits per heavy atom. The fourth-order valence-corrected chi connectivity index (χ4v) is 3.28. The lowest BCUT2D eigenvalue weighted by Gasteiger charge is -2.09. The summed E-state index contributed by atoms with van der Waals surface area (Å²) in [6.45, 7) is 6.86. The van der Waals surface area contributed by atoms with Gasteiger partial charge in [-0.1, -0.05) is 35.9 Å². The molecule has 128 valence electrons. The minimum Gasteiger partial charge on any atom is -0.484 e. The number of hydrogen-bond donors (Lipinski definition) is 1. The van der Waals surface area contributed by atoms with E-state index in [1.165, 1.54) is 11.1 Å². The highest BCUT2D eigenvalue weighted by molar-refractivity contribution is 7.98. The molecule has 0 heterocycles. The van der Waals surface area contributed by atoms with Crippen LogP contribution in [0.3, 0.4) is 0 Å². The highest BCUT2D eigenvalue weighted by Crippen LogP contribution is 2.16. The number of ether oxygens (including phenoxy) is 1. The van der Waals surface area contributed by atoms with Crippen LogP contribution in [0.15, 0.2) is 42.5 Å². The van der Waals surface area contributed by atoms with Crippen molar-refractivity contribution in [2.24, 2.45) is 0 Å². The van der Waals surface area contributed by atoms with Gasteiger partial charge in [-0.15, -0.1) is 0 Å². The number of thioether (sulfide) groups is 1. The van der Waals surface area contributed by atoms with Crippen molar-refractivity contribution < 1.29 is 9.53 Å². The molecule has 1 N–H and O–H groups in total. The number of carbonyl (C=O) groups excluding carboxylic acids is 1. The van der Waals surface area contributed by atoms with Crippen LogP contribution in [0.2, 0.25) is 0 Å². The average molecular weight is 343 g/mol. The van der Waals surface area contributed by atoms with Crippen LogP contribution in [0.5, 0.6) is 5.75 Å². The molecule has 2 aromatic rings. The Hall–Kier alpha value is -1.94. The van der Waals surface area contributed by atoms with E-state index in [1.807, 2.05) is 37.7 Å². The number of aryl methyl sites for hydroxylation is 3. The van der Waals surface area contributed by atoms with Crippen LogP contribution >= 0.6 is 11.8 Å². The summed E-state index contributed by atoms with van der Waals surface area (Å²) in [7, 11) is 0. The smallest absolute Gasteiger partial charge is 0.257 e. The monoisotopic (exact) mass is 343 g/mol. The first kappa shape index (κ1) is 18.4. The molecule has 0 aliphatic rings. The first-order valence-electron chi connectivity index (χ1n) is 8.14. The van der Waals surface area contributed by atoms with E-state index in [-0.39, 0.29) is 12.5 Å². The molecule has 0 spiro atoms. The van der Waals surface area contributed by atoms with Gasteiger partial charge in [-0.25, -0.2) is 0 Å². The predicted molar refractivity (Wildman–Crippen MR) is 102 cm³/mol. The number of hydrogen-bond acceptors (Lipinski definition) is 3. The van der Waals surface area contributed by atoms with Gasteiger partial charge in [-0.3, -0.25) is 4.79 Å². The maximum atomic E-state index is 11.8. The largest absolute Gasteiger partial charge is 0.484 e. The summed E-state index contributed by atoms with van der Waals surface area (Å²) in [4.78, 5) is 11.8. The average Bonchev–Trinajstić information content (AvgIpc) is 2.52. The second-order valence-corrected chi connectivity index (χ2v) is 7.11. The summed E-state index contributed by atoms with van der Waals surface area (Å²) in [6, 6.07) is 14.5. The molecular formula is C20H25NO2S. The molecule has 0 aliphatic carbocycles. The lowest BCUT2D eigenvalue weighted by atomic mass is 10.1. The molecule has 0 saturated heterocycles. The summed E-state index contributed by atoms with van der Waals surface area (Å²) in [5, 5.41) is 2.90. The molecule has 2 aromatic carbocycles. The molecule has 0 bridgehead atoms. The second-order valence-electron chi connectivity index (χ2n) is 6.00. The van der Waals surface area contributed by atoms with Crippen molar-refractivity contribution in [3.8, 4) is 5.75 Å². The minimum atomic E-state index is -0.0784. The van der Waals surface area contributed by atoms with E-state index in [9.17, 15) is 4.79 Å². The van der Waals surface area contributed by atoms with Gasteiger partial charge in [0.05, 0.1) is 0 Å². The topological polar surface area (TPSA) is 38.3 Å². The number of amides is 1. The standard InChI is InChI=1S/C20H25NO2S/c1-15-5-4-6-18(10-15)14-24-8-7-21-20(22)13-23-19-11-16(2)9-17(3)12-19/h4-6,9-12H,7-8,13-14H2,1-3H3,(H,21,22). The lowest BCUT2D eigenvalue weighted by molar-refractivity contribution is -0.122. The zero-order valence-corrected chi connectivity index (χ0v) is 15.4. The molecular weight excluding hydrogens is 318 g/mol. The third kappa shape index (κ3) is 6.67.